The van der Waals surface area contributed by atoms with E-state index in [2.05, 4.69) is 15.2 Å². The van der Waals surface area contributed by atoms with Gasteiger partial charge in [0.15, 0.2) is 11.4 Å². The molecule has 0 spiro atoms. The van der Waals surface area contributed by atoms with E-state index in [0.29, 0.717) is 11.8 Å². The Kier molecular flexibility index (Phi) is 7.07. The SMILES string of the molecule is CSC(=Nc1ccccc1OCCN1CCCCC1)NC#N. The summed E-state index contributed by atoms with van der Waals surface area (Å²) in [5, 5.41) is 11.8. The molecule has 1 aliphatic heterocycles. The molecule has 1 aromatic carbocycles. The van der Waals surface area contributed by atoms with Gasteiger partial charge in [0, 0.05) is 6.54 Å². The molecule has 0 bridgehead atoms. The number of nitrogens with one attached hydrogen (secondary N) is 1. The molecule has 0 aliphatic carbocycles. The number of aliphatic imine (C=N–C) groups is 1. The molecule has 0 unspecified atom stereocenters. The molecule has 0 amide bonds. The Hall–Kier alpha value is -1.71. The molecular weight excluding hydrogens is 296 g/mol. The van der Waals surface area contributed by atoms with Crippen LogP contribution in [0.2, 0.25) is 0 Å². The minimum Gasteiger partial charge on any atom is -0.490 e. The topological polar surface area (TPSA) is 60.6 Å². The van der Waals surface area contributed by atoms with Gasteiger partial charge >= 0.3 is 0 Å². The zero-order valence-electron chi connectivity index (χ0n) is 12.9. The maximum Gasteiger partial charge on any atom is 0.183 e. The minimum absolute atomic E-state index is 0.564. The number of thioether (sulfide) groups is 1. The van der Waals surface area contributed by atoms with E-state index in [1.807, 2.05) is 36.7 Å². The number of ether oxygens (including phenoxy) is 1. The van der Waals surface area contributed by atoms with Crippen molar-refractivity contribution in [3.63, 3.8) is 0 Å². The van der Waals surface area contributed by atoms with Gasteiger partial charge in [-0.05, 0) is 44.3 Å². The Balaban J connectivity index is 1.94. The predicted molar refractivity (Wildman–Crippen MR) is 91.6 cm³/mol. The van der Waals surface area contributed by atoms with Crippen LogP contribution in [0, 0.1) is 11.5 Å². The highest BCUT2D eigenvalue weighted by Gasteiger charge is 2.10. The maximum atomic E-state index is 8.71. The molecule has 1 saturated heterocycles. The first-order valence-electron chi connectivity index (χ1n) is 7.55. The fourth-order valence-electron chi connectivity index (χ4n) is 2.42. The van der Waals surface area contributed by atoms with Gasteiger partial charge in [-0.15, -0.1) is 0 Å². The molecule has 1 fully saturated rings. The minimum atomic E-state index is 0.564. The quantitative estimate of drug-likeness (QED) is 0.391. The summed E-state index contributed by atoms with van der Waals surface area (Å²) >= 11 is 1.40. The first kappa shape index (κ1) is 16.7. The monoisotopic (exact) mass is 318 g/mol. The third-order valence-electron chi connectivity index (χ3n) is 3.56. The van der Waals surface area contributed by atoms with Gasteiger partial charge in [0.2, 0.25) is 0 Å². The van der Waals surface area contributed by atoms with Crippen molar-refractivity contribution in [1.29, 1.82) is 5.26 Å². The van der Waals surface area contributed by atoms with Crippen molar-refractivity contribution in [3.8, 4) is 11.9 Å². The van der Waals surface area contributed by atoms with Gasteiger partial charge in [-0.3, -0.25) is 10.2 Å². The normalized spacial score (nSPS) is 16.1. The number of amidine groups is 1. The van der Waals surface area contributed by atoms with Crippen LogP contribution >= 0.6 is 11.8 Å². The average Bonchev–Trinajstić information content (AvgIpc) is 2.57. The summed E-state index contributed by atoms with van der Waals surface area (Å²) in [6, 6.07) is 7.66. The summed E-state index contributed by atoms with van der Waals surface area (Å²) in [5.41, 5.74) is 0.744. The third-order valence-corrected chi connectivity index (χ3v) is 4.14. The van der Waals surface area contributed by atoms with Crippen molar-refractivity contribution in [3.05, 3.63) is 24.3 Å². The summed E-state index contributed by atoms with van der Waals surface area (Å²) in [6.07, 6.45) is 7.70. The lowest BCUT2D eigenvalue weighted by Gasteiger charge is -2.26. The average molecular weight is 318 g/mol. The Morgan fingerprint density at radius 2 is 2.14 bits per heavy atom. The molecular formula is C16H22N4OS. The van der Waals surface area contributed by atoms with Crippen LogP contribution in [-0.4, -0.2) is 42.6 Å². The molecule has 118 valence electrons. The van der Waals surface area contributed by atoms with E-state index in [1.54, 1.807) is 0 Å². The van der Waals surface area contributed by atoms with Gasteiger partial charge in [-0.2, -0.15) is 5.26 Å². The molecule has 1 heterocycles. The van der Waals surface area contributed by atoms with Gasteiger partial charge in [-0.1, -0.05) is 30.3 Å². The van der Waals surface area contributed by atoms with Gasteiger partial charge < -0.3 is 4.74 Å². The fourth-order valence-corrected chi connectivity index (χ4v) is 2.76. The molecule has 2 rings (SSSR count). The molecule has 5 nitrogen and oxygen atoms in total. The van der Waals surface area contributed by atoms with E-state index >= 15 is 0 Å². The van der Waals surface area contributed by atoms with Crippen LogP contribution in [-0.2, 0) is 0 Å². The highest BCUT2D eigenvalue weighted by Crippen LogP contribution is 2.27. The number of nitrogens with zero attached hydrogens (tertiary/aromatic N) is 3. The number of likely N-dealkylation sites (tertiary alicyclic amines) is 1. The highest BCUT2D eigenvalue weighted by atomic mass is 32.2. The smallest absolute Gasteiger partial charge is 0.183 e. The zero-order chi connectivity index (χ0) is 15.6. The lowest BCUT2D eigenvalue weighted by Crippen LogP contribution is -2.33. The van der Waals surface area contributed by atoms with Crippen molar-refractivity contribution in [2.45, 2.75) is 19.3 Å². The number of hydrogen-bond acceptors (Lipinski definition) is 5. The van der Waals surface area contributed by atoms with Crippen molar-refractivity contribution >= 4 is 22.6 Å². The van der Waals surface area contributed by atoms with E-state index in [-0.39, 0.29) is 0 Å². The summed E-state index contributed by atoms with van der Waals surface area (Å²) in [4.78, 5) is 6.88. The van der Waals surface area contributed by atoms with E-state index < -0.39 is 0 Å². The molecule has 0 atom stereocenters. The second-order valence-electron chi connectivity index (χ2n) is 5.08. The summed E-state index contributed by atoms with van der Waals surface area (Å²) in [6.45, 7) is 3.95. The van der Waals surface area contributed by atoms with Crippen molar-refractivity contribution in [2.75, 3.05) is 32.5 Å². The van der Waals surface area contributed by atoms with Crippen LogP contribution in [0.5, 0.6) is 5.75 Å². The van der Waals surface area contributed by atoms with Crippen LogP contribution in [0.15, 0.2) is 29.3 Å². The molecule has 1 aliphatic rings. The van der Waals surface area contributed by atoms with Crippen LogP contribution < -0.4 is 10.1 Å². The molecule has 1 N–H and O–H groups in total. The van der Waals surface area contributed by atoms with E-state index in [4.69, 9.17) is 10.00 Å². The number of para-hydroxylation sites is 2. The second-order valence-corrected chi connectivity index (χ2v) is 5.87. The first-order valence-corrected chi connectivity index (χ1v) is 8.78. The zero-order valence-corrected chi connectivity index (χ0v) is 13.7. The van der Waals surface area contributed by atoms with E-state index in [1.165, 1.54) is 44.1 Å². The van der Waals surface area contributed by atoms with E-state index in [0.717, 1.165) is 18.0 Å². The van der Waals surface area contributed by atoms with Gasteiger partial charge in [0.25, 0.3) is 0 Å². The highest BCUT2D eigenvalue weighted by molar-refractivity contribution is 8.13. The standard InChI is InChI=1S/C16H22N4OS/c1-22-16(18-13-17)19-14-7-3-4-8-15(14)21-12-11-20-9-5-2-6-10-20/h3-4,7-8H,2,5-6,9-12H2,1H3,(H,18,19). The number of nitriles is 1. The first-order chi connectivity index (χ1) is 10.8. The number of rotatable bonds is 5. The lowest BCUT2D eigenvalue weighted by atomic mass is 10.1. The lowest BCUT2D eigenvalue weighted by molar-refractivity contribution is 0.183. The van der Waals surface area contributed by atoms with Gasteiger partial charge in [0.05, 0.1) is 0 Å². The summed E-state index contributed by atoms with van der Waals surface area (Å²) < 4.78 is 5.89. The summed E-state index contributed by atoms with van der Waals surface area (Å²) in [5.74, 6) is 0.755. The Labute approximate surface area is 136 Å². The number of benzene rings is 1. The Morgan fingerprint density at radius 1 is 1.36 bits per heavy atom. The van der Waals surface area contributed by atoms with Crippen LogP contribution in [0.3, 0.4) is 0 Å². The molecule has 0 radical (unpaired) electrons. The molecule has 0 saturated carbocycles. The Bertz CT molecular complexity index is 535. The van der Waals surface area contributed by atoms with Gasteiger partial charge in [0.1, 0.15) is 18.0 Å². The van der Waals surface area contributed by atoms with Crippen molar-refractivity contribution < 1.29 is 4.74 Å². The van der Waals surface area contributed by atoms with Crippen LogP contribution in [0.1, 0.15) is 19.3 Å². The molecule has 1 aromatic rings. The molecule has 0 aromatic heterocycles. The Morgan fingerprint density at radius 3 is 2.86 bits per heavy atom. The largest absolute Gasteiger partial charge is 0.490 e. The van der Waals surface area contributed by atoms with Crippen molar-refractivity contribution in [1.82, 2.24) is 10.2 Å². The van der Waals surface area contributed by atoms with Crippen LogP contribution in [0.25, 0.3) is 0 Å². The van der Waals surface area contributed by atoms with Crippen LogP contribution in [0.4, 0.5) is 5.69 Å². The predicted octanol–water partition coefficient (Wildman–Crippen LogP) is 2.97. The molecule has 22 heavy (non-hydrogen) atoms. The number of piperidine rings is 1. The fraction of sp³-hybridized carbons (Fsp3) is 0.500. The molecule has 6 heteroatoms. The maximum absolute atomic E-state index is 8.71. The number of hydrogen-bond donors (Lipinski definition) is 1. The second kappa shape index (κ2) is 9.34. The van der Waals surface area contributed by atoms with E-state index in [9.17, 15) is 0 Å². The summed E-state index contributed by atoms with van der Waals surface area (Å²) in [7, 11) is 0. The van der Waals surface area contributed by atoms with Gasteiger partial charge in [-0.25, -0.2) is 4.99 Å². The van der Waals surface area contributed by atoms with Crippen molar-refractivity contribution in [2.24, 2.45) is 4.99 Å². The third kappa shape index (κ3) is 5.24.